The number of pyridine rings is 1. The standard InChI is InChI=1S/C14H20N4S/c1-4-11(2)9-13-16-14(10-19-3)18(17-13)12-5-7-15-8-6-12/h5-8,11H,4,9-10H2,1-3H3. The third-order valence-electron chi connectivity index (χ3n) is 3.13. The molecule has 1 unspecified atom stereocenters. The highest BCUT2D eigenvalue weighted by Gasteiger charge is 2.12. The lowest BCUT2D eigenvalue weighted by Crippen LogP contribution is -2.03. The van der Waals surface area contributed by atoms with Crippen molar-refractivity contribution in [2.45, 2.75) is 32.4 Å². The van der Waals surface area contributed by atoms with Gasteiger partial charge in [-0.1, -0.05) is 20.3 Å². The van der Waals surface area contributed by atoms with Crippen LogP contribution in [0, 0.1) is 5.92 Å². The molecule has 2 aromatic rings. The maximum absolute atomic E-state index is 4.67. The minimum atomic E-state index is 0.621. The average molecular weight is 276 g/mol. The van der Waals surface area contributed by atoms with Crippen LogP contribution < -0.4 is 0 Å². The third kappa shape index (κ3) is 3.56. The quantitative estimate of drug-likeness (QED) is 0.813. The molecule has 0 N–H and O–H groups in total. The Morgan fingerprint density at radius 3 is 2.68 bits per heavy atom. The van der Waals surface area contributed by atoms with Gasteiger partial charge in [-0.25, -0.2) is 9.67 Å². The molecule has 2 rings (SSSR count). The summed E-state index contributed by atoms with van der Waals surface area (Å²) in [5, 5.41) is 4.65. The minimum Gasteiger partial charge on any atom is -0.265 e. The highest BCUT2D eigenvalue weighted by molar-refractivity contribution is 7.97. The molecule has 1 atom stereocenters. The first-order valence-electron chi connectivity index (χ1n) is 6.58. The smallest absolute Gasteiger partial charge is 0.151 e. The Bertz CT molecular complexity index is 509. The third-order valence-corrected chi connectivity index (χ3v) is 3.67. The van der Waals surface area contributed by atoms with Crippen LogP contribution in [0.2, 0.25) is 0 Å². The van der Waals surface area contributed by atoms with Gasteiger partial charge in [0.2, 0.25) is 0 Å². The second-order valence-electron chi connectivity index (χ2n) is 4.71. The number of hydrogen-bond acceptors (Lipinski definition) is 4. The largest absolute Gasteiger partial charge is 0.265 e. The Hall–Kier alpha value is -1.36. The Kier molecular flexibility index (Phi) is 4.96. The molecule has 5 heteroatoms. The molecule has 4 nitrogen and oxygen atoms in total. The van der Waals surface area contributed by atoms with Crippen LogP contribution in [0.5, 0.6) is 0 Å². The molecule has 0 saturated carbocycles. The zero-order valence-electron chi connectivity index (χ0n) is 11.7. The number of nitrogens with zero attached hydrogens (tertiary/aromatic N) is 4. The van der Waals surface area contributed by atoms with Crippen molar-refractivity contribution in [3.05, 3.63) is 36.2 Å². The van der Waals surface area contributed by atoms with Crippen molar-refractivity contribution in [1.29, 1.82) is 0 Å². The Morgan fingerprint density at radius 1 is 1.32 bits per heavy atom. The molecule has 2 aromatic heterocycles. The second kappa shape index (κ2) is 6.70. The van der Waals surface area contributed by atoms with Crippen LogP contribution in [-0.2, 0) is 12.2 Å². The van der Waals surface area contributed by atoms with Crippen molar-refractivity contribution in [2.24, 2.45) is 5.92 Å². The summed E-state index contributed by atoms with van der Waals surface area (Å²) in [5.74, 6) is 3.44. The first-order chi connectivity index (χ1) is 9.24. The van der Waals surface area contributed by atoms with Gasteiger partial charge in [0.1, 0.15) is 5.82 Å². The topological polar surface area (TPSA) is 43.6 Å². The van der Waals surface area contributed by atoms with Gasteiger partial charge in [-0.3, -0.25) is 4.98 Å². The van der Waals surface area contributed by atoms with Gasteiger partial charge in [0.15, 0.2) is 5.82 Å². The van der Waals surface area contributed by atoms with E-state index >= 15 is 0 Å². The molecule has 0 radical (unpaired) electrons. The van der Waals surface area contributed by atoms with E-state index in [1.165, 1.54) is 0 Å². The molecular formula is C14H20N4S. The SMILES string of the molecule is CCC(C)Cc1nc(CSC)n(-c2ccncc2)n1. The fourth-order valence-corrected chi connectivity index (χ4v) is 2.29. The van der Waals surface area contributed by atoms with E-state index in [-0.39, 0.29) is 0 Å². The normalized spacial score (nSPS) is 12.6. The Labute approximate surface area is 118 Å². The van der Waals surface area contributed by atoms with Gasteiger partial charge >= 0.3 is 0 Å². The first kappa shape index (κ1) is 14.1. The molecule has 2 heterocycles. The van der Waals surface area contributed by atoms with Gasteiger partial charge in [0.25, 0.3) is 0 Å². The molecule has 0 bridgehead atoms. The lowest BCUT2D eigenvalue weighted by molar-refractivity contribution is 0.542. The van der Waals surface area contributed by atoms with Crippen LogP contribution in [0.15, 0.2) is 24.5 Å². The van der Waals surface area contributed by atoms with Gasteiger partial charge in [0.05, 0.1) is 11.4 Å². The number of rotatable bonds is 6. The first-order valence-corrected chi connectivity index (χ1v) is 7.98. The molecule has 0 aliphatic carbocycles. The van der Waals surface area contributed by atoms with Gasteiger partial charge in [-0.15, -0.1) is 0 Å². The van der Waals surface area contributed by atoms with Crippen LogP contribution >= 0.6 is 11.8 Å². The van der Waals surface area contributed by atoms with Crippen LogP contribution in [0.3, 0.4) is 0 Å². The maximum atomic E-state index is 4.67. The number of hydrogen-bond donors (Lipinski definition) is 0. The molecule has 0 aliphatic rings. The fourth-order valence-electron chi connectivity index (χ4n) is 1.85. The summed E-state index contributed by atoms with van der Waals surface area (Å²) in [6, 6.07) is 3.93. The highest BCUT2D eigenvalue weighted by atomic mass is 32.2. The van der Waals surface area contributed by atoms with E-state index in [9.17, 15) is 0 Å². The van der Waals surface area contributed by atoms with Gasteiger partial charge in [0, 0.05) is 18.8 Å². The van der Waals surface area contributed by atoms with Crippen molar-refractivity contribution in [3.63, 3.8) is 0 Å². The van der Waals surface area contributed by atoms with E-state index in [1.807, 2.05) is 16.8 Å². The fraction of sp³-hybridized carbons (Fsp3) is 0.500. The summed E-state index contributed by atoms with van der Waals surface area (Å²) in [6.45, 7) is 4.44. The van der Waals surface area contributed by atoms with Gasteiger partial charge in [-0.2, -0.15) is 16.9 Å². The molecule has 0 aliphatic heterocycles. The van der Waals surface area contributed by atoms with Crippen molar-refractivity contribution in [3.8, 4) is 5.69 Å². The predicted molar refractivity (Wildman–Crippen MR) is 79.5 cm³/mol. The van der Waals surface area contributed by atoms with E-state index in [4.69, 9.17) is 0 Å². The van der Waals surface area contributed by atoms with Crippen LogP contribution in [0.1, 0.15) is 31.9 Å². The molecule has 0 saturated heterocycles. The minimum absolute atomic E-state index is 0.621. The van der Waals surface area contributed by atoms with E-state index in [1.54, 1.807) is 24.2 Å². The van der Waals surface area contributed by atoms with E-state index < -0.39 is 0 Å². The summed E-state index contributed by atoms with van der Waals surface area (Å²) in [4.78, 5) is 8.72. The monoisotopic (exact) mass is 276 g/mol. The van der Waals surface area contributed by atoms with E-state index in [0.29, 0.717) is 5.92 Å². The maximum Gasteiger partial charge on any atom is 0.151 e. The average Bonchev–Trinajstić information content (AvgIpc) is 2.83. The lowest BCUT2D eigenvalue weighted by Gasteiger charge is -2.04. The number of aromatic nitrogens is 4. The van der Waals surface area contributed by atoms with Crippen LogP contribution in [0.4, 0.5) is 0 Å². The lowest BCUT2D eigenvalue weighted by atomic mass is 10.1. The summed E-state index contributed by atoms with van der Waals surface area (Å²) in [6.07, 6.45) is 7.75. The van der Waals surface area contributed by atoms with E-state index in [0.717, 1.165) is 35.9 Å². The zero-order valence-corrected chi connectivity index (χ0v) is 12.5. The molecule has 102 valence electrons. The predicted octanol–water partition coefficient (Wildman–Crippen LogP) is 3.11. The summed E-state index contributed by atoms with van der Waals surface area (Å²) in [5.41, 5.74) is 1.03. The molecule has 0 aromatic carbocycles. The second-order valence-corrected chi connectivity index (χ2v) is 5.58. The van der Waals surface area contributed by atoms with E-state index in [2.05, 4.69) is 35.2 Å². The summed E-state index contributed by atoms with van der Waals surface area (Å²) >= 11 is 1.76. The van der Waals surface area contributed by atoms with Crippen molar-refractivity contribution >= 4 is 11.8 Å². The van der Waals surface area contributed by atoms with Gasteiger partial charge in [-0.05, 0) is 24.3 Å². The van der Waals surface area contributed by atoms with Crippen LogP contribution in [0.25, 0.3) is 5.69 Å². The van der Waals surface area contributed by atoms with Crippen molar-refractivity contribution < 1.29 is 0 Å². The Balaban J connectivity index is 2.30. The van der Waals surface area contributed by atoms with Crippen LogP contribution in [-0.4, -0.2) is 26.0 Å². The number of thioether (sulfide) groups is 1. The zero-order chi connectivity index (χ0) is 13.7. The summed E-state index contributed by atoms with van der Waals surface area (Å²) in [7, 11) is 0. The van der Waals surface area contributed by atoms with Crippen molar-refractivity contribution in [1.82, 2.24) is 19.7 Å². The molecule has 0 amide bonds. The van der Waals surface area contributed by atoms with Crippen molar-refractivity contribution in [2.75, 3.05) is 6.26 Å². The van der Waals surface area contributed by atoms with Gasteiger partial charge < -0.3 is 0 Å². The molecule has 0 fully saturated rings. The molecular weight excluding hydrogens is 256 g/mol. The molecule has 19 heavy (non-hydrogen) atoms. The highest BCUT2D eigenvalue weighted by Crippen LogP contribution is 2.15. The molecule has 0 spiro atoms. The Morgan fingerprint density at radius 2 is 2.05 bits per heavy atom. The summed E-state index contributed by atoms with van der Waals surface area (Å²) < 4.78 is 1.94.